The van der Waals surface area contributed by atoms with Crippen molar-refractivity contribution in [2.24, 2.45) is 0 Å². The van der Waals surface area contributed by atoms with E-state index in [2.05, 4.69) is 5.32 Å². The normalized spacial score (nSPS) is 13.8. The second-order valence-electron chi connectivity index (χ2n) is 5.22. The highest BCUT2D eigenvalue weighted by Gasteiger charge is 2.36. The maximum atomic E-state index is 13.3. The number of methoxy groups -OCH3 is 1. The second kappa shape index (κ2) is 5.76. The predicted molar refractivity (Wildman–Crippen MR) is 76.3 cm³/mol. The molecule has 0 aliphatic heterocycles. The summed E-state index contributed by atoms with van der Waals surface area (Å²) in [7, 11) is 1.34. The van der Waals surface area contributed by atoms with Gasteiger partial charge in [0.1, 0.15) is 11.4 Å². The number of hydrogen-bond donors (Lipinski definition) is 2. The Morgan fingerprint density at radius 3 is 2.73 bits per heavy atom. The smallest absolute Gasteiger partial charge is 0.331 e. The maximum Gasteiger partial charge on any atom is 0.331 e. The van der Waals surface area contributed by atoms with Crippen LogP contribution in [0, 0.1) is 12.7 Å². The molecule has 1 aromatic heterocycles. The van der Waals surface area contributed by atoms with Gasteiger partial charge in [0.15, 0.2) is 11.3 Å². The standard InChI is InChI=1S/C15H16FNO5/c1-8-10-6-9(16)4-5-11(10)22-12(8)13(18)17-15(2,7-21-3)14(19)20/h4-6H,7H2,1-3H3,(H,17,18)(H,19,20). The van der Waals surface area contributed by atoms with E-state index in [1.807, 2.05) is 0 Å². The van der Waals surface area contributed by atoms with Gasteiger partial charge >= 0.3 is 5.97 Å². The van der Waals surface area contributed by atoms with Crippen LogP contribution in [0.15, 0.2) is 22.6 Å². The number of halogens is 1. The Balaban J connectivity index is 2.37. The molecule has 0 aliphatic rings. The molecule has 0 saturated heterocycles. The minimum absolute atomic E-state index is 0.0517. The van der Waals surface area contributed by atoms with Crippen molar-refractivity contribution in [2.45, 2.75) is 19.4 Å². The van der Waals surface area contributed by atoms with Gasteiger partial charge in [0, 0.05) is 18.1 Å². The minimum Gasteiger partial charge on any atom is -0.479 e. The number of ether oxygens (including phenoxy) is 1. The highest BCUT2D eigenvalue weighted by Crippen LogP contribution is 2.26. The van der Waals surface area contributed by atoms with E-state index in [9.17, 15) is 19.1 Å². The topological polar surface area (TPSA) is 88.8 Å². The summed E-state index contributed by atoms with van der Waals surface area (Å²) in [5.41, 5.74) is -0.798. The zero-order valence-corrected chi connectivity index (χ0v) is 12.4. The zero-order chi connectivity index (χ0) is 16.5. The lowest BCUT2D eigenvalue weighted by Crippen LogP contribution is -2.55. The van der Waals surface area contributed by atoms with E-state index in [-0.39, 0.29) is 12.4 Å². The molecular weight excluding hydrogens is 293 g/mol. The van der Waals surface area contributed by atoms with E-state index in [4.69, 9.17) is 9.15 Å². The average molecular weight is 309 g/mol. The highest BCUT2D eigenvalue weighted by atomic mass is 19.1. The molecule has 1 amide bonds. The van der Waals surface area contributed by atoms with Crippen LogP contribution in [0.4, 0.5) is 4.39 Å². The average Bonchev–Trinajstić information content (AvgIpc) is 2.76. The number of aryl methyl sites for hydroxylation is 1. The number of rotatable bonds is 5. The molecule has 0 fully saturated rings. The molecule has 1 heterocycles. The number of benzene rings is 1. The number of nitrogens with one attached hydrogen (secondary N) is 1. The molecule has 7 heteroatoms. The first-order chi connectivity index (χ1) is 10.3. The molecule has 0 radical (unpaired) electrons. The van der Waals surface area contributed by atoms with E-state index >= 15 is 0 Å². The monoisotopic (exact) mass is 309 g/mol. The molecule has 22 heavy (non-hydrogen) atoms. The summed E-state index contributed by atoms with van der Waals surface area (Å²) in [6, 6.07) is 3.90. The Bertz CT molecular complexity index is 739. The van der Waals surface area contributed by atoms with Gasteiger partial charge in [0.25, 0.3) is 5.91 Å². The van der Waals surface area contributed by atoms with Crippen molar-refractivity contribution >= 4 is 22.8 Å². The number of aliphatic carboxylic acids is 1. The second-order valence-corrected chi connectivity index (χ2v) is 5.22. The number of carboxylic acids is 1. The Labute approximate surface area is 125 Å². The molecule has 118 valence electrons. The van der Waals surface area contributed by atoms with Crippen molar-refractivity contribution in [1.82, 2.24) is 5.32 Å². The number of carbonyl (C=O) groups is 2. The van der Waals surface area contributed by atoms with Crippen LogP contribution in [-0.4, -0.2) is 36.2 Å². The fourth-order valence-corrected chi connectivity index (χ4v) is 2.16. The summed E-state index contributed by atoms with van der Waals surface area (Å²) >= 11 is 0. The van der Waals surface area contributed by atoms with Crippen molar-refractivity contribution < 1.29 is 28.2 Å². The van der Waals surface area contributed by atoms with E-state index in [0.717, 1.165) is 0 Å². The summed E-state index contributed by atoms with van der Waals surface area (Å²) < 4.78 is 23.5. The predicted octanol–water partition coefficient (Wildman–Crippen LogP) is 2.10. The van der Waals surface area contributed by atoms with Crippen LogP contribution in [0.25, 0.3) is 11.0 Å². The lowest BCUT2D eigenvalue weighted by molar-refractivity contribution is -0.145. The van der Waals surface area contributed by atoms with Crippen molar-refractivity contribution in [3.8, 4) is 0 Å². The Morgan fingerprint density at radius 1 is 1.45 bits per heavy atom. The summed E-state index contributed by atoms with van der Waals surface area (Å²) in [6.07, 6.45) is 0. The van der Waals surface area contributed by atoms with Gasteiger partial charge in [-0.05, 0) is 32.0 Å². The lowest BCUT2D eigenvalue weighted by Gasteiger charge is -2.24. The van der Waals surface area contributed by atoms with Gasteiger partial charge in [0.2, 0.25) is 0 Å². The number of carboxylic acid groups (broad SMARTS) is 1. The van der Waals surface area contributed by atoms with Crippen LogP contribution in [0.2, 0.25) is 0 Å². The summed E-state index contributed by atoms with van der Waals surface area (Å²) in [4.78, 5) is 23.6. The van der Waals surface area contributed by atoms with Gasteiger partial charge in [0.05, 0.1) is 6.61 Å². The fourth-order valence-electron chi connectivity index (χ4n) is 2.16. The molecule has 0 aliphatic carbocycles. The van der Waals surface area contributed by atoms with Crippen molar-refractivity contribution in [3.05, 3.63) is 35.3 Å². The van der Waals surface area contributed by atoms with E-state index in [0.29, 0.717) is 16.5 Å². The maximum absolute atomic E-state index is 13.3. The van der Waals surface area contributed by atoms with Crippen LogP contribution in [0.5, 0.6) is 0 Å². The molecule has 1 aromatic carbocycles. The third-order valence-corrected chi connectivity index (χ3v) is 3.40. The van der Waals surface area contributed by atoms with Gasteiger partial charge in [-0.25, -0.2) is 9.18 Å². The first kappa shape index (κ1) is 16.0. The Morgan fingerprint density at radius 2 is 2.14 bits per heavy atom. The summed E-state index contributed by atoms with van der Waals surface area (Å²) in [5.74, 6) is -2.43. The third-order valence-electron chi connectivity index (χ3n) is 3.40. The summed E-state index contributed by atoms with van der Waals surface area (Å²) in [6.45, 7) is 2.73. The molecule has 0 spiro atoms. The number of amides is 1. The number of fused-ring (bicyclic) bond motifs is 1. The SMILES string of the molecule is COCC(C)(NC(=O)c1oc2ccc(F)cc2c1C)C(=O)O. The molecule has 2 rings (SSSR count). The Hall–Kier alpha value is -2.41. The Kier molecular flexibility index (Phi) is 4.18. The highest BCUT2D eigenvalue weighted by molar-refractivity contribution is 6.01. The molecule has 0 saturated carbocycles. The first-order valence-electron chi connectivity index (χ1n) is 6.52. The van der Waals surface area contributed by atoms with Gasteiger partial charge in [-0.3, -0.25) is 4.79 Å². The molecular formula is C15H16FNO5. The van der Waals surface area contributed by atoms with E-state index in [1.165, 1.54) is 32.2 Å². The van der Waals surface area contributed by atoms with E-state index in [1.54, 1.807) is 6.92 Å². The van der Waals surface area contributed by atoms with Gasteiger partial charge in [-0.2, -0.15) is 0 Å². The number of furan rings is 1. The quantitative estimate of drug-likeness (QED) is 0.883. The van der Waals surface area contributed by atoms with Gasteiger partial charge in [-0.1, -0.05) is 0 Å². The van der Waals surface area contributed by atoms with Crippen molar-refractivity contribution in [1.29, 1.82) is 0 Å². The van der Waals surface area contributed by atoms with Gasteiger partial charge < -0.3 is 19.6 Å². The van der Waals surface area contributed by atoms with Crippen LogP contribution >= 0.6 is 0 Å². The lowest BCUT2D eigenvalue weighted by atomic mass is 10.0. The van der Waals surface area contributed by atoms with Crippen LogP contribution in [-0.2, 0) is 9.53 Å². The van der Waals surface area contributed by atoms with Gasteiger partial charge in [-0.15, -0.1) is 0 Å². The number of hydrogen-bond acceptors (Lipinski definition) is 4. The zero-order valence-electron chi connectivity index (χ0n) is 12.4. The van der Waals surface area contributed by atoms with Crippen LogP contribution in [0.1, 0.15) is 23.0 Å². The molecule has 1 unspecified atom stereocenters. The van der Waals surface area contributed by atoms with E-state index < -0.39 is 23.2 Å². The third kappa shape index (κ3) is 2.80. The first-order valence-corrected chi connectivity index (χ1v) is 6.52. The largest absolute Gasteiger partial charge is 0.479 e. The fraction of sp³-hybridized carbons (Fsp3) is 0.333. The van der Waals surface area contributed by atoms with Crippen LogP contribution in [0.3, 0.4) is 0 Å². The molecule has 6 nitrogen and oxygen atoms in total. The molecule has 2 N–H and O–H groups in total. The van der Waals surface area contributed by atoms with Crippen molar-refractivity contribution in [3.63, 3.8) is 0 Å². The molecule has 2 aromatic rings. The van der Waals surface area contributed by atoms with Crippen LogP contribution < -0.4 is 5.32 Å². The minimum atomic E-state index is -1.59. The molecule has 0 bridgehead atoms. The summed E-state index contributed by atoms with van der Waals surface area (Å²) in [5, 5.41) is 12.1. The molecule has 1 atom stereocenters. The number of carbonyl (C=O) groups excluding carboxylic acids is 1. The van der Waals surface area contributed by atoms with Crippen molar-refractivity contribution in [2.75, 3.05) is 13.7 Å².